The molecule has 0 bridgehead atoms. The number of carboxylic acids is 1. The molecule has 3 aromatic rings. The Labute approximate surface area is 169 Å². The summed E-state index contributed by atoms with van der Waals surface area (Å²) in [6.45, 7) is 1.39. The number of carboxylic acid groups (broad SMARTS) is 1. The van der Waals surface area contributed by atoms with Gasteiger partial charge >= 0.3 is 0 Å². The number of nitrogens with two attached hydrogens (primary N) is 1. The number of hydrogen-bond acceptors (Lipinski definition) is 11. The van der Waals surface area contributed by atoms with Gasteiger partial charge in [0, 0.05) is 0 Å². The quantitative estimate of drug-likeness (QED) is 0.328. The summed E-state index contributed by atoms with van der Waals surface area (Å²) >= 11 is 0. The maximum atomic E-state index is 12.5. The van der Waals surface area contributed by atoms with Gasteiger partial charge in [-0.25, -0.2) is 10.1 Å². The molecule has 0 saturated carbocycles. The number of carbonyl (C=O) groups excluding carboxylic acids is 2. The summed E-state index contributed by atoms with van der Waals surface area (Å²) < 4.78 is 10.9. The van der Waals surface area contributed by atoms with Crippen LogP contribution in [0, 0.1) is 0 Å². The molecule has 0 spiro atoms. The number of aliphatic carboxylic acids is 1. The third kappa shape index (κ3) is 4.76. The normalized spacial score (nSPS) is 11.0. The van der Waals surface area contributed by atoms with Crippen LogP contribution in [-0.2, 0) is 11.2 Å². The molecule has 156 valence electrons. The van der Waals surface area contributed by atoms with E-state index in [1.54, 1.807) is 24.3 Å². The number of anilines is 1. The molecule has 0 aliphatic carbocycles. The molecule has 13 heteroatoms. The molecule has 2 aromatic heterocycles. The molecule has 0 radical (unpaired) electrons. The summed E-state index contributed by atoms with van der Waals surface area (Å²) in [5.41, 5.74) is 9.28. The van der Waals surface area contributed by atoms with Crippen molar-refractivity contribution < 1.29 is 24.1 Å². The first-order valence-electron chi connectivity index (χ1n) is 8.78. The maximum absolute atomic E-state index is 12.5. The first-order valence-corrected chi connectivity index (χ1v) is 8.78. The largest absolute Gasteiger partial charge is 0.546 e. The van der Waals surface area contributed by atoms with Gasteiger partial charge in [0.15, 0.2) is 5.69 Å². The summed E-state index contributed by atoms with van der Waals surface area (Å²) in [4.78, 5) is 22.9. The van der Waals surface area contributed by atoms with E-state index < -0.39 is 18.5 Å². The molecular formula is C17H17N8O5-. The van der Waals surface area contributed by atoms with Gasteiger partial charge in [0.2, 0.25) is 11.6 Å². The van der Waals surface area contributed by atoms with Crippen LogP contribution in [0.25, 0.3) is 5.82 Å². The van der Waals surface area contributed by atoms with Gasteiger partial charge in [-0.1, -0.05) is 18.6 Å². The maximum Gasteiger partial charge on any atom is 0.293 e. The third-order valence-electron chi connectivity index (χ3n) is 3.78. The summed E-state index contributed by atoms with van der Waals surface area (Å²) in [7, 11) is 0. The Bertz CT molecular complexity index is 1060. The smallest absolute Gasteiger partial charge is 0.293 e. The highest BCUT2D eigenvalue weighted by atomic mass is 16.6. The minimum Gasteiger partial charge on any atom is -0.546 e. The number of ether oxygens (including phenoxy) is 1. The molecule has 2 heterocycles. The number of amides is 1. The van der Waals surface area contributed by atoms with Crippen LogP contribution in [0.2, 0.25) is 0 Å². The first-order chi connectivity index (χ1) is 14.5. The molecule has 0 atom stereocenters. The van der Waals surface area contributed by atoms with Crippen molar-refractivity contribution in [1.29, 1.82) is 0 Å². The van der Waals surface area contributed by atoms with Gasteiger partial charge in [-0.2, -0.15) is 9.78 Å². The van der Waals surface area contributed by atoms with Crippen LogP contribution in [0.5, 0.6) is 5.75 Å². The standard InChI is InChI=1S/C17H18N8O5/c1-2-3-12-14(20-24-25(12)16-15(18)22-30-23-16)17(28)21-19-8-10-4-6-11(7-5-10)29-9-13(26)27/h4-8H,2-3,9H2,1H3,(H2,18,22)(H,21,28)(H,26,27)/p-1. The van der Waals surface area contributed by atoms with Gasteiger partial charge < -0.3 is 20.4 Å². The highest BCUT2D eigenvalue weighted by Crippen LogP contribution is 2.17. The molecule has 13 nitrogen and oxygen atoms in total. The van der Waals surface area contributed by atoms with Crippen LogP contribution < -0.4 is 21.0 Å². The highest BCUT2D eigenvalue weighted by molar-refractivity contribution is 5.94. The van der Waals surface area contributed by atoms with Crippen LogP contribution in [-0.4, -0.2) is 50.0 Å². The lowest BCUT2D eigenvalue weighted by Gasteiger charge is -2.06. The predicted octanol–water partition coefficient (Wildman–Crippen LogP) is -0.922. The third-order valence-corrected chi connectivity index (χ3v) is 3.78. The fourth-order valence-corrected chi connectivity index (χ4v) is 2.46. The number of aromatic nitrogens is 5. The van der Waals surface area contributed by atoms with Crippen molar-refractivity contribution in [2.24, 2.45) is 5.10 Å². The monoisotopic (exact) mass is 413 g/mol. The number of nitrogens with one attached hydrogen (secondary N) is 1. The van der Waals surface area contributed by atoms with E-state index in [2.05, 4.69) is 35.8 Å². The van der Waals surface area contributed by atoms with Gasteiger partial charge in [-0.3, -0.25) is 4.79 Å². The first kappa shape index (κ1) is 20.4. The summed E-state index contributed by atoms with van der Waals surface area (Å²) in [6.07, 6.45) is 2.61. The minimum atomic E-state index is -1.31. The van der Waals surface area contributed by atoms with Gasteiger partial charge in [-0.05, 0) is 46.6 Å². The number of benzene rings is 1. The molecule has 1 amide bonds. The lowest BCUT2D eigenvalue weighted by Crippen LogP contribution is -2.28. The summed E-state index contributed by atoms with van der Waals surface area (Å²) in [5.74, 6) is -1.35. The van der Waals surface area contributed by atoms with Crippen LogP contribution in [0.1, 0.15) is 35.1 Å². The molecule has 3 N–H and O–H groups in total. The molecule has 0 unspecified atom stereocenters. The lowest BCUT2D eigenvalue weighted by atomic mass is 10.2. The zero-order valence-electron chi connectivity index (χ0n) is 15.8. The molecule has 0 aliphatic heterocycles. The molecule has 0 saturated heterocycles. The Balaban J connectivity index is 1.68. The van der Waals surface area contributed by atoms with E-state index in [0.29, 0.717) is 29.8 Å². The van der Waals surface area contributed by atoms with Gasteiger partial charge in [0.25, 0.3) is 5.91 Å². The zero-order valence-corrected chi connectivity index (χ0v) is 15.8. The molecule has 30 heavy (non-hydrogen) atoms. The second kappa shape index (κ2) is 9.27. The van der Waals surface area contributed by atoms with Gasteiger partial charge in [-0.15, -0.1) is 5.10 Å². The van der Waals surface area contributed by atoms with E-state index in [4.69, 9.17) is 10.5 Å². The molecule has 1 aromatic carbocycles. The molecule has 0 fully saturated rings. The van der Waals surface area contributed by atoms with Crippen molar-refractivity contribution in [3.05, 3.63) is 41.2 Å². The summed E-state index contributed by atoms with van der Waals surface area (Å²) in [6, 6.07) is 6.40. The Hall–Kier alpha value is -4.29. The number of hydrazone groups is 1. The molecule has 3 rings (SSSR count). The number of rotatable bonds is 9. The van der Waals surface area contributed by atoms with Crippen molar-refractivity contribution >= 4 is 23.9 Å². The van der Waals surface area contributed by atoms with Crippen LogP contribution >= 0.6 is 0 Å². The van der Waals surface area contributed by atoms with E-state index in [1.807, 2.05) is 6.92 Å². The topological polar surface area (TPSA) is 186 Å². The number of nitrogen functional groups attached to an aromatic ring is 1. The fourth-order valence-electron chi connectivity index (χ4n) is 2.46. The zero-order chi connectivity index (χ0) is 21.5. The van der Waals surface area contributed by atoms with Crippen LogP contribution in [0.3, 0.4) is 0 Å². The Morgan fingerprint density at radius 2 is 2.10 bits per heavy atom. The van der Waals surface area contributed by atoms with E-state index in [0.717, 1.165) is 0 Å². The predicted molar refractivity (Wildman–Crippen MR) is 99.6 cm³/mol. The second-order valence-electron chi connectivity index (χ2n) is 5.95. The van der Waals surface area contributed by atoms with E-state index >= 15 is 0 Å². The fraction of sp³-hybridized carbons (Fsp3) is 0.235. The van der Waals surface area contributed by atoms with Crippen LogP contribution in [0.4, 0.5) is 5.82 Å². The highest BCUT2D eigenvalue weighted by Gasteiger charge is 2.23. The lowest BCUT2D eigenvalue weighted by molar-refractivity contribution is -0.307. The van der Waals surface area contributed by atoms with E-state index in [1.165, 1.54) is 10.9 Å². The second-order valence-corrected chi connectivity index (χ2v) is 5.95. The van der Waals surface area contributed by atoms with Crippen molar-refractivity contribution in [2.45, 2.75) is 19.8 Å². The Kier molecular flexibility index (Phi) is 6.32. The number of nitrogens with zero attached hydrogens (tertiary/aromatic N) is 6. The Morgan fingerprint density at radius 3 is 2.73 bits per heavy atom. The minimum absolute atomic E-state index is 0.0225. The van der Waals surface area contributed by atoms with Gasteiger partial charge in [0.1, 0.15) is 12.4 Å². The van der Waals surface area contributed by atoms with Crippen molar-refractivity contribution in [3.8, 4) is 11.6 Å². The molecular weight excluding hydrogens is 396 g/mol. The SMILES string of the molecule is CCCc1c(C(=O)NN=Cc2ccc(OCC(=O)[O-])cc2)nnn1-c1nonc1N. The van der Waals surface area contributed by atoms with E-state index in [9.17, 15) is 14.7 Å². The van der Waals surface area contributed by atoms with Crippen LogP contribution in [0.15, 0.2) is 34.0 Å². The average molecular weight is 413 g/mol. The molecule has 0 aliphatic rings. The van der Waals surface area contributed by atoms with Crippen molar-refractivity contribution in [2.75, 3.05) is 12.3 Å². The average Bonchev–Trinajstić information content (AvgIpc) is 3.33. The van der Waals surface area contributed by atoms with E-state index in [-0.39, 0.29) is 17.3 Å². The Morgan fingerprint density at radius 1 is 1.33 bits per heavy atom. The number of hydrogen-bond donors (Lipinski definition) is 2. The van der Waals surface area contributed by atoms with Crippen molar-refractivity contribution in [3.63, 3.8) is 0 Å². The summed E-state index contributed by atoms with van der Waals surface area (Å²) in [5, 5.41) is 29.3. The van der Waals surface area contributed by atoms with Crippen molar-refractivity contribution in [1.82, 2.24) is 30.7 Å². The number of carbonyl (C=O) groups is 2. The van der Waals surface area contributed by atoms with Gasteiger partial charge in [0.05, 0.1) is 17.9 Å².